The van der Waals surface area contributed by atoms with Crippen molar-refractivity contribution < 1.29 is 4.74 Å². The molecule has 216 valence electrons. The van der Waals surface area contributed by atoms with E-state index in [1.54, 1.807) is 0 Å². The van der Waals surface area contributed by atoms with Gasteiger partial charge in [0.2, 0.25) is 0 Å². The highest BCUT2D eigenvalue weighted by molar-refractivity contribution is 7.26. The third-order valence-electron chi connectivity index (χ3n) is 9.71. The topological polar surface area (TPSA) is 12.5 Å². The molecule has 1 spiro atoms. The van der Waals surface area contributed by atoms with Crippen LogP contribution in [0.1, 0.15) is 22.3 Å². The Balaban J connectivity index is 1.29. The van der Waals surface area contributed by atoms with Crippen LogP contribution in [0.3, 0.4) is 0 Å². The fourth-order valence-electron chi connectivity index (χ4n) is 7.88. The van der Waals surface area contributed by atoms with Gasteiger partial charge in [-0.05, 0) is 76.9 Å². The summed E-state index contributed by atoms with van der Waals surface area (Å²) >= 11 is 1.89. The molecule has 0 N–H and O–H groups in total. The third kappa shape index (κ3) is 3.41. The van der Waals surface area contributed by atoms with Crippen LogP contribution in [0.5, 0.6) is 11.5 Å². The molecule has 1 aliphatic heterocycles. The van der Waals surface area contributed by atoms with E-state index in [2.05, 4.69) is 169 Å². The summed E-state index contributed by atoms with van der Waals surface area (Å²) in [5.74, 6) is 1.84. The third-order valence-corrected chi connectivity index (χ3v) is 10.9. The second-order valence-electron chi connectivity index (χ2n) is 12.0. The van der Waals surface area contributed by atoms with Crippen molar-refractivity contribution >= 4 is 48.6 Å². The van der Waals surface area contributed by atoms with Gasteiger partial charge in [0.05, 0.1) is 15.8 Å². The van der Waals surface area contributed by atoms with Gasteiger partial charge in [0.25, 0.3) is 0 Å². The molecular weight excluding hydrogens is 579 g/mol. The lowest BCUT2D eigenvalue weighted by Crippen LogP contribution is -2.32. The lowest BCUT2D eigenvalue weighted by molar-refractivity contribution is 0.436. The quantitative estimate of drug-likeness (QED) is 0.199. The van der Waals surface area contributed by atoms with Crippen molar-refractivity contribution in [3.63, 3.8) is 0 Å². The molecular formula is C43H27NOS. The Kier molecular flexibility index (Phi) is 5.40. The van der Waals surface area contributed by atoms with Gasteiger partial charge < -0.3 is 9.64 Å². The summed E-state index contributed by atoms with van der Waals surface area (Å²) in [5, 5.41) is 2.57. The molecule has 10 rings (SSSR count). The van der Waals surface area contributed by atoms with Gasteiger partial charge in [-0.25, -0.2) is 0 Å². The van der Waals surface area contributed by atoms with Gasteiger partial charge in [0, 0.05) is 38.0 Å². The molecule has 0 amide bonds. The van der Waals surface area contributed by atoms with Crippen LogP contribution in [-0.2, 0) is 5.41 Å². The maximum absolute atomic E-state index is 6.55. The standard InChI is InChI=1S/C43H27NOS/c1-3-14-28(15-4-1)44(29-16-5-2-6-17-29)38-23-13-19-31-33-26-32-30-18-7-8-20-34(30)43(37(32)27-41(33)46-42(31)38)35-21-9-11-24-39(35)45-40-25-12-10-22-36(40)43/h1-27H. The molecule has 2 aliphatic rings. The monoisotopic (exact) mass is 605 g/mol. The Bertz CT molecular complexity index is 2380. The predicted molar refractivity (Wildman–Crippen MR) is 191 cm³/mol. The molecule has 2 nitrogen and oxygen atoms in total. The lowest BCUT2D eigenvalue weighted by atomic mass is 9.66. The summed E-state index contributed by atoms with van der Waals surface area (Å²) in [6, 6.07) is 59.2. The minimum atomic E-state index is -0.468. The van der Waals surface area contributed by atoms with E-state index in [0.717, 1.165) is 22.9 Å². The Morgan fingerprint density at radius 3 is 1.72 bits per heavy atom. The zero-order valence-corrected chi connectivity index (χ0v) is 25.7. The molecule has 0 saturated heterocycles. The molecule has 0 unspecified atom stereocenters. The van der Waals surface area contributed by atoms with Gasteiger partial charge in [-0.2, -0.15) is 0 Å². The van der Waals surface area contributed by atoms with Gasteiger partial charge in [-0.1, -0.05) is 109 Å². The van der Waals surface area contributed by atoms with Crippen LogP contribution >= 0.6 is 11.3 Å². The highest BCUT2D eigenvalue weighted by atomic mass is 32.1. The number of hydrogen-bond donors (Lipinski definition) is 0. The summed E-state index contributed by atoms with van der Waals surface area (Å²) in [6.45, 7) is 0. The first-order chi connectivity index (χ1) is 22.8. The Labute approximate surface area is 271 Å². The van der Waals surface area contributed by atoms with Crippen molar-refractivity contribution in [3.05, 3.63) is 186 Å². The normalized spacial score (nSPS) is 13.6. The van der Waals surface area contributed by atoms with E-state index >= 15 is 0 Å². The molecule has 7 aromatic carbocycles. The van der Waals surface area contributed by atoms with Crippen LogP contribution in [-0.4, -0.2) is 0 Å². The van der Waals surface area contributed by atoms with Crippen molar-refractivity contribution in [3.8, 4) is 22.6 Å². The molecule has 2 heterocycles. The highest BCUT2D eigenvalue weighted by Crippen LogP contribution is 2.63. The molecule has 0 bridgehead atoms. The summed E-state index contributed by atoms with van der Waals surface area (Å²) < 4.78 is 9.12. The summed E-state index contributed by atoms with van der Waals surface area (Å²) in [6.07, 6.45) is 0. The second kappa shape index (κ2) is 9.68. The molecule has 0 saturated carbocycles. The van der Waals surface area contributed by atoms with Gasteiger partial charge in [0.15, 0.2) is 0 Å². The number of benzene rings is 7. The zero-order chi connectivity index (χ0) is 30.2. The molecule has 3 heteroatoms. The molecule has 46 heavy (non-hydrogen) atoms. The van der Waals surface area contributed by atoms with Gasteiger partial charge in [-0.15, -0.1) is 11.3 Å². The van der Waals surface area contributed by atoms with Crippen molar-refractivity contribution in [1.82, 2.24) is 0 Å². The highest BCUT2D eigenvalue weighted by Gasteiger charge is 2.51. The van der Waals surface area contributed by atoms with Crippen molar-refractivity contribution in [1.29, 1.82) is 0 Å². The molecule has 0 atom stereocenters. The van der Waals surface area contributed by atoms with Gasteiger partial charge >= 0.3 is 0 Å². The van der Waals surface area contributed by atoms with Gasteiger partial charge in [0.1, 0.15) is 11.5 Å². The van der Waals surface area contributed by atoms with Crippen LogP contribution in [0.2, 0.25) is 0 Å². The number of nitrogens with zero attached hydrogens (tertiary/aromatic N) is 1. The van der Waals surface area contributed by atoms with Crippen molar-refractivity contribution in [2.75, 3.05) is 4.90 Å². The van der Waals surface area contributed by atoms with Crippen molar-refractivity contribution in [2.45, 2.75) is 5.41 Å². The molecule has 8 aromatic rings. The second-order valence-corrected chi connectivity index (χ2v) is 13.1. The number of fused-ring (bicyclic) bond motifs is 12. The number of anilines is 3. The number of hydrogen-bond acceptors (Lipinski definition) is 3. The van der Waals surface area contributed by atoms with E-state index in [9.17, 15) is 0 Å². The molecule has 1 aliphatic carbocycles. The molecule has 1 aromatic heterocycles. The van der Waals surface area contributed by atoms with E-state index in [1.807, 2.05) is 11.3 Å². The number of ether oxygens (including phenoxy) is 1. The summed E-state index contributed by atoms with van der Waals surface area (Å²) in [7, 11) is 0. The van der Waals surface area contributed by atoms with Crippen LogP contribution < -0.4 is 9.64 Å². The first kappa shape index (κ1) is 25.7. The largest absolute Gasteiger partial charge is 0.457 e. The number of rotatable bonds is 3. The van der Waals surface area contributed by atoms with Crippen LogP contribution in [0.25, 0.3) is 31.3 Å². The zero-order valence-electron chi connectivity index (χ0n) is 24.9. The minimum Gasteiger partial charge on any atom is -0.457 e. The molecule has 0 fully saturated rings. The van der Waals surface area contributed by atoms with Crippen LogP contribution in [0.4, 0.5) is 17.1 Å². The maximum Gasteiger partial charge on any atom is 0.132 e. The lowest BCUT2D eigenvalue weighted by Gasteiger charge is -2.39. The summed E-state index contributed by atoms with van der Waals surface area (Å²) in [4.78, 5) is 2.38. The van der Waals surface area contributed by atoms with Crippen molar-refractivity contribution in [2.24, 2.45) is 0 Å². The summed E-state index contributed by atoms with van der Waals surface area (Å²) in [5.41, 5.74) is 10.6. The Morgan fingerprint density at radius 2 is 1.04 bits per heavy atom. The first-order valence-corrected chi connectivity index (χ1v) is 16.5. The smallest absolute Gasteiger partial charge is 0.132 e. The number of thiophene rings is 1. The Morgan fingerprint density at radius 1 is 0.457 bits per heavy atom. The average Bonchev–Trinajstić information content (AvgIpc) is 3.62. The predicted octanol–water partition coefficient (Wildman–Crippen LogP) is 12.0. The number of para-hydroxylation sites is 4. The average molecular weight is 606 g/mol. The van der Waals surface area contributed by atoms with E-state index < -0.39 is 5.41 Å². The fraction of sp³-hybridized carbons (Fsp3) is 0.0233. The van der Waals surface area contributed by atoms with E-state index in [4.69, 9.17) is 4.74 Å². The fourth-order valence-corrected chi connectivity index (χ4v) is 9.11. The molecule has 0 radical (unpaired) electrons. The van der Waals surface area contributed by atoms with Crippen LogP contribution in [0.15, 0.2) is 164 Å². The first-order valence-electron chi connectivity index (χ1n) is 15.7. The van der Waals surface area contributed by atoms with Crippen LogP contribution in [0, 0.1) is 0 Å². The SMILES string of the molecule is c1ccc(N(c2ccccc2)c2cccc3c2sc2cc4c(cc23)-c2ccccc2C42c3ccccc3Oc3ccccc32)cc1. The van der Waals surface area contributed by atoms with E-state index in [1.165, 1.54) is 59.2 Å². The maximum atomic E-state index is 6.55. The van der Waals surface area contributed by atoms with E-state index in [0.29, 0.717) is 0 Å². The van der Waals surface area contributed by atoms with E-state index in [-0.39, 0.29) is 0 Å². The minimum absolute atomic E-state index is 0.468. The Hall–Kier alpha value is -5.64. The van der Waals surface area contributed by atoms with Gasteiger partial charge in [-0.3, -0.25) is 0 Å².